The lowest BCUT2D eigenvalue weighted by Gasteiger charge is -2.49. The van der Waals surface area contributed by atoms with Gasteiger partial charge in [-0.05, 0) is 33.1 Å². The molecule has 0 radical (unpaired) electrons. The molecule has 3 aliphatic rings. The molecule has 14 atom stereocenters. The van der Waals surface area contributed by atoms with Crippen LogP contribution in [0, 0.1) is 0 Å². The van der Waals surface area contributed by atoms with Gasteiger partial charge in [-0.1, -0.05) is 0 Å². The normalized spacial score (nSPS) is 37.6. The number of carbonyl (C=O) groups is 3. The van der Waals surface area contributed by atoms with Crippen molar-refractivity contribution in [3.8, 4) is 0 Å². The Morgan fingerprint density at radius 3 is 1.98 bits per heavy atom. The molecule has 0 bridgehead atoms. The highest BCUT2D eigenvalue weighted by Crippen LogP contribution is 2.33. The van der Waals surface area contributed by atoms with E-state index in [1.165, 1.54) is 6.92 Å². The molecule has 0 aromatic rings. The highest BCUT2D eigenvalue weighted by molar-refractivity contribution is 5.77. The minimum Gasteiger partial charge on any atom is -0.394 e. The predicted molar refractivity (Wildman–Crippen MR) is 169 cm³/mol. The van der Waals surface area contributed by atoms with Crippen molar-refractivity contribution in [3.05, 3.63) is 0 Å². The van der Waals surface area contributed by atoms with Crippen LogP contribution in [-0.4, -0.2) is 172 Å². The largest absolute Gasteiger partial charge is 0.394 e. The van der Waals surface area contributed by atoms with E-state index >= 15 is 0 Å². The molecule has 3 heterocycles. The number of unbranched alkanes of at least 4 members (excludes halogenated alkanes) is 1. The van der Waals surface area contributed by atoms with E-state index in [0.29, 0.717) is 32.2 Å². The smallest absolute Gasteiger partial charge is 0.219 e. The van der Waals surface area contributed by atoms with Gasteiger partial charge in [-0.3, -0.25) is 14.4 Å². The van der Waals surface area contributed by atoms with Gasteiger partial charge in [0.2, 0.25) is 17.7 Å². The van der Waals surface area contributed by atoms with Crippen LogP contribution in [0.15, 0.2) is 0 Å². The van der Waals surface area contributed by atoms with Gasteiger partial charge in [0.1, 0.15) is 54.9 Å². The average molecular weight is 726 g/mol. The fourth-order valence-corrected chi connectivity index (χ4v) is 5.95. The van der Waals surface area contributed by atoms with Gasteiger partial charge in [0.05, 0.1) is 32.0 Å². The third kappa shape index (κ3) is 12.0. The third-order valence-electron chi connectivity index (χ3n) is 8.68. The maximum absolute atomic E-state index is 12.3. The molecular formula is C31H55N3O16. The van der Waals surface area contributed by atoms with Crippen LogP contribution in [0.1, 0.15) is 59.3 Å². The first-order chi connectivity index (χ1) is 23.8. The Kier molecular flexibility index (Phi) is 17.6. The number of ether oxygens (including phenoxy) is 6. The number of carbonyl (C=O) groups excluding carboxylic acids is 3. The Balaban J connectivity index is 1.73. The van der Waals surface area contributed by atoms with E-state index in [4.69, 9.17) is 28.4 Å². The second kappa shape index (κ2) is 20.8. The van der Waals surface area contributed by atoms with Crippen LogP contribution in [0.3, 0.4) is 0 Å². The van der Waals surface area contributed by atoms with Gasteiger partial charge < -0.3 is 80.1 Å². The van der Waals surface area contributed by atoms with Crippen molar-refractivity contribution in [2.24, 2.45) is 0 Å². The van der Waals surface area contributed by atoms with Crippen LogP contribution in [0.25, 0.3) is 0 Å². The number of aliphatic hydroxyl groups excluding tert-OH is 7. The fraction of sp³-hybridized carbons (Fsp3) is 0.903. The molecule has 50 heavy (non-hydrogen) atoms. The number of hydrogen-bond acceptors (Lipinski definition) is 16. The van der Waals surface area contributed by atoms with E-state index in [2.05, 4.69) is 16.0 Å². The van der Waals surface area contributed by atoms with Crippen molar-refractivity contribution < 1.29 is 78.6 Å². The molecule has 10 N–H and O–H groups in total. The summed E-state index contributed by atoms with van der Waals surface area (Å²) in [5.41, 5.74) is 0. The zero-order chi connectivity index (χ0) is 37.0. The van der Waals surface area contributed by atoms with Crippen LogP contribution in [0.4, 0.5) is 0 Å². The number of nitrogens with one attached hydrogen (secondary N) is 3. The summed E-state index contributed by atoms with van der Waals surface area (Å²) in [6, 6.07) is -1.38. The highest BCUT2D eigenvalue weighted by Gasteiger charge is 2.53. The maximum Gasteiger partial charge on any atom is 0.219 e. The SMILES string of the molecule is CCNC(=O)CCCCC(=O)NCCCO[C@@H]1OC(CO)[C@H](O)C(O[C@H]2OC(CO)[C@H](O)[C@H](O)C2NC(C)=O)[C@@H]1O[C@H]1C[C@@H](O)[C@H](O)C(C)O1. The van der Waals surface area contributed by atoms with Gasteiger partial charge in [0.15, 0.2) is 18.9 Å². The lowest BCUT2D eigenvalue weighted by atomic mass is 9.95. The second-order valence-electron chi connectivity index (χ2n) is 12.6. The first-order valence-electron chi connectivity index (χ1n) is 17.1. The third-order valence-corrected chi connectivity index (χ3v) is 8.68. The summed E-state index contributed by atoms with van der Waals surface area (Å²) in [6.07, 6.45) is -16.0. The summed E-state index contributed by atoms with van der Waals surface area (Å²) >= 11 is 0. The van der Waals surface area contributed by atoms with E-state index < -0.39 is 105 Å². The molecule has 19 heteroatoms. The number of hydrogen-bond donors (Lipinski definition) is 10. The topological polar surface area (TPSA) is 284 Å². The molecule has 3 fully saturated rings. The monoisotopic (exact) mass is 725 g/mol. The molecule has 0 aliphatic carbocycles. The molecule has 3 aliphatic heterocycles. The van der Waals surface area contributed by atoms with E-state index in [1.807, 2.05) is 6.92 Å². The second-order valence-corrected chi connectivity index (χ2v) is 12.6. The Morgan fingerprint density at radius 1 is 0.760 bits per heavy atom. The van der Waals surface area contributed by atoms with E-state index in [-0.39, 0.29) is 37.8 Å². The lowest BCUT2D eigenvalue weighted by Crippen LogP contribution is -2.68. The van der Waals surface area contributed by atoms with E-state index in [1.54, 1.807) is 0 Å². The summed E-state index contributed by atoms with van der Waals surface area (Å²) in [7, 11) is 0. The maximum atomic E-state index is 12.3. The van der Waals surface area contributed by atoms with Crippen molar-refractivity contribution in [3.63, 3.8) is 0 Å². The molecule has 3 rings (SSSR count). The molecule has 0 spiro atoms. The molecular weight excluding hydrogens is 670 g/mol. The highest BCUT2D eigenvalue weighted by atomic mass is 16.8. The van der Waals surface area contributed by atoms with Crippen molar-refractivity contribution in [2.75, 3.05) is 32.9 Å². The number of amides is 3. The lowest BCUT2D eigenvalue weighted by molar-refractivity contribution is -0.375. The van der Waals surface area contributed by atoms with Crippen LogP contribution in [0.5, 0.6) is 0 Å². The molecule has 5 unspecified atom stereocenters. The van der Waals surface area contributed by atoms with Crippen LogP contribution in [0.2, 0.25) is 0 Å². The molecule has 3 saturated heterocycles. The number of aliphatic hydroxyl groups is 7. The minimum absolute atomic E-state index is 0.0157. The summed E-state index contributed by atoms with van der Waals surface area (Å²) in [4.78, 5) is 35.8. The van der Waals surface area contributed by atoms with Crippen molar-refractivity contribution >= 4 is 17.7 Å². The molecule has 0 aromatic carbocycles. The summed E-state index contributed by atoms with van der Waals surface area (Å²) in [5, 5.41) is 80.8. The zero-order valence-corrected chi connectivity index (χ0v) is 28.7. The van der Waals surface area contributed by atoms with Crippen LogP contribution in [-0.2, 0) is 42.8 Å². The molecule has 19 nitrogen and oxygen atoms in total. The zero-order valence-electron chi connectivity index (χ0n) is 28.7. The summed E-state index contributed by atoms with van der Waals surface area (Å²) < 4.78 is 35.5. The quantitative estimate of drug-likeness (QED) is 0.0601. The Bertz CT molecular complexity index is 1050. The van der Waals surface area contributed by atoms with Gasteiger partial charge in [0.25, 0.3) is 0 Å². The van der Waals surface area contributed by atoms with Crippen molar-refractivity contribution in [1.82, 2.24) is 16.0 Å². The first-order valence-corrected chi connectivity index (χ1v) is 17.1. The number of rotatable bonds is 18. The minimum atomic E-state index is -1.67. The average Bonchev–Trinajstić information content (AvgIpc) is 3.07. The summed E-state index contributed by atoms with van der Waals surface area (Å²) in [5.74, 6) is -0.880. The molecule has 290 valence electrons. The Hall–Kier alpha value is -2.11. The standard InChI is InChI=1S/C31H55N3O16/c1-4-32-20(39)8-5-6-9-21(40)33-10-7-11-45-31-29(49-22-12-17(38)24(41)15(2)46-22)28(26(43)19(14-36)48-31)50-30-23(34-16(3)37)27(44)25(42)18(13-35)47-30/h15,17-19,22-31,35-36,38,41-44H,4-14H2,1-3H3,(H,32,39)(H,33,40)(H,34,37)/t15?,17-,18?,19?,22+,23?,24-,25+,26+,27-,28?,29+,30-,31-/m1/s1. The van der Waals surface area contributed by atoms with Gasteiger partial charge in [-0.2, -0.15) is 0 Å². The first kappa shape index (κ1) is 42.3. The van der Waals surface area contributed by atoms with Crippen molar-refractivity contribution in [2.45, 2.75) is 145 Å². The predicted octanol–water partition coefficient (Wildman–Crippen LogP) is -4.15. The fourth-order valence-electron chi connectivity index (χ4n) is 5.95. The van der Waals surface area contributed by atoms with Crippen LogP contribution < -0.4 is 16.0 Å². The van der Waals surface area contributed by atoms with E-state index in [0.717, 1.165) is 6.92 Å². The Labute approximate surface area is 290 Å². The molecule has 0 aromatic heterocycles. The molecule has 0 saturated carbocycles. The van der Waals surface area contributed by atoms with Gasteiger partial charge in [-0.15, -0.1) is 0 Å². The van der Waals surface area contributed by atoms with Gasteiger partial charge in [-0.25, -0.2) is 0 Å². The van der Waals surface area contributed by atoms with Gasteiger partial charge in [0, 0.05) is 39.3 Å². The van der Waals surface area contributed by atoms with E-state index in [9.17, 15) is 50.1 Å². The van der Waals surface area contributed by atoms with Gasteiger partial charge >= 0.3 is 0 Å². The Morgan fingerprint density at radius 2 is 1.38 bits per heavy atom. The molecule has 3 amide bonds. The summed E-state index contributed by atoms with van der Waals surface area (Å²) in [6.45, 7) is 3.83. The van der Waals surface area contributed by atoms with Crippen LogP contribution >= 0.6 is 0 Å². The van der Waals surface area contributed by atoms with Crippen molar-refractivity contribution in [1.29, 1.82) is 0 Å².